The van der Waals surface area contributed by atoms with E-state index in [1.54, 1.807) is 12.1 Å². The second kappa shape index (κ2) is 10.7. The average molecular weight is 641 g/mol. The molecule has 2 aliphatic heterocycles. The molecule has 2 aromatic carbocycles. The summed E-state index contributed by atoms with van der Waals surface area (Å²) in [6.45, 7) is 16.9. The molecule has 2 aromatic rings. The first kappa shape index (κ1) is 31.5. The second-order valence-corrected chi connectivity index (χ2v) is 19.4. The maximum atomic E-state index is 14.5. The zero-order valence-electron chi connectivity index (χ0n) is 27.6. The van der Waals surface area contributed by atoms with Gasteiger partial charge in [0.05, 0.1) is 17.6 Å². The fraction of sp³-hybridized carbons (Fsp3) is 0.474. The number of rotatable bonds is 8. The molecule has 1 saturated carbocycles. The Bertz CT molecular complexity index is 1640. The molecule has 5 aliphatic rings. The van der Waals surface area contributed by atoms with Crippen molar-refractivity contribution < 1.29 is 33.0 Å². The maximum Gasteiger partial charge on any atom is 0.338 e. The first-order chi connectivity index (χ1) is 21.7. The Labute approximate surface area is 272 Å². The van der Waals surface area contributed by atoms with E-state index >= 15 is 0 Å². The SMILES string of the molecule is C=C(C)[C@]12C[C@@H](C)[C@@]34OC(Cc5ccccc5)(O[C@@H]1[C@@H]3C=C(COC(=O)c1ccccc1)C[C@]1(O[Si](C)(C)C)C(=O)C(C)=C[C@@H]41)O2. The Morgan fingerprint density at radius 3 is 2.35 bits per heavy atom. The molecular formula is C38H44O7Si. The van der Waals surface area contributed by atoms with Crippen LogP contribution in [-0.2, 0) is 34.6 Å². The lowest BCUT2D eigenvalue weighted by molar-refractivity contribution is -0.421. The number of hydrogen-bond acceptors (Lipinski definition) is 7. The third-order valence-corrected chi connectivity index (χ3v) is 11.6. The monoisotopic (exact) mass is 640 g/mol. The predicted octanol–water partition coefficient (Wildman–Crippen LogP) is 6.96. The molecule has 2 saturated heterocycles. The number of hydrogen-bond donors (Lipinski definition) is 0. The van der Waals surface area contributed by atoms with Crippen LogP contribution in [0.3, 0.4) is 0 Å². The van der Waals surface area contributed by atoms with Crippen LogP contribution in [-0.4, -0.2) is 55.6 Å². The van der Waals surface area contributed by atoms with Gasteiger partial charge in [0.25, 0.3) is 5.97 Å². The lowest BCUT2D eigenvalue weighted by Gasteiger charge is -2.60. The van der Waals surface area contributed by atoms with Crippen LogP contribution in [0.1, 0.15) is 49.5 Å². The molecule has 3 fully saturated rings. The predicted molar refractivity (Wildman–Crippen MR) is 176 cm³/mol. The molecule has 7 nitrogen and oxygen atoms in total. The van der Waals surface area contributed by atoms with Crippen molar-refractivity contribution in [1.82, 2.24) is 0 Å². The van der Waals surface area contributed by atoms with Gasteiger partial charge in [-0.1, -0.05) is 74.2 Å². The van der Waals surface area contributed by atoms with Crippen LogP contribution in [0.15, 0.2) is 96.1 Å². The van der Waals surface area contributed by atoms with Gasteiger partial charge in [-0.3, -0.25) is 4.79 Å². The van der Waals surface area contributed by atoms with Crippen molar-refractivity contribution in [2.45, 2.75) is 88.6 Å². The first-order valence-electron chi connectivity index (χ1n) is 16.4. The Balaban J connectivity index is 1.39. The molecule has 8 heteroatoms. The standard InChI is InChI=1S/C38H44O7Si/c1-24(2)35-20-26(4)38-30(33(35)42-37(43-35,44-38)22-27-14-10-8-11-15-27)19-28(23-41-34(40)29-16-12-9-13-17-29)21-36(45-46(5,6)7)31(38)18-25(3)32(36)39/h8-19,26,30-31,33H,1,20-23H2,2-7H3/t26-,30+,31-,33-,35-,36-,37?,38-/m1/s1. The van der Waals surface area contributed by atoms with E-state index in [1.807, 2.05) is 50.2 Å². The summed E-state index contributed by atoms with van der Waals surface area (Å²) in [5, 5.41) is 0. The summed E-state index contributed by atoms with van der Waals surface area (Å²) < 4.78 is 34.4. The van der Waals surface area contributed by atoms with E-state index < -0.39 is 49.1 Å². The summed E-state index contributed by atoms with van der Waals surface area (Å²) in [7, 11) is -2.32. The largest absolute Gasteiger partial charge is 0.458 e. The van der Waals surface area contributed by atoms with Crippen molar-refractivity contribution in [2.24, 2.45) is 17.8 Å². The molecule has 0 N–H and O–H groups in total. The van der Waals surface area contributed by atoms with Gasteiger partial charge < -0.3 is 23.4 Å². The van der Waals surface area contributed by atoms with Gasteiger partial charge in [-0.2, -0.15) is 0 Å². The van der Waals surface area contributed by atoms with E-state index in [-0.39, 0.29) is 24.2 Å². The number of ether oxygens (including phenoxy) is 4. The fourth-order valence-corrected chi connectivity index (χ4v) is 10.4. The van der Waals surface area contributed by atoms with Crippen molar-refractivity contribution in [3.63, 3.8) is 0 Å². The van der Waals surface area contributed by atoms with Gasteiger partial charge in [0.15, 0.2) is 14.1 Å². The number of esters is 1. The van der Waals surface area contributed by atoms with E-state index in [0.29, 0.717) is 30.4 Å². The number of carbonyl (C=O) groups is 2. The molecule has 3 bridgehead atoms. The van der Waals surface area contributed by atoms with Gasteiger partial charge in [0.1, 0.15) is 23.9 Å². The van der Waals surface area contributed by atoms with Crippen LogP contribution in [0, 0.1) is 17.8 Å². The second-order valence-electron chi connectivity index (χ2n) is 14.9. The Kier molecular flexibility index (Phi) is 7.31. The highest BCUT2D eigenvalue weighted by Crippen LogP contribution is 2.69. The van der Waals surface area contributed by atoms with Gasteiger partial charge >= 0.3 is 5.97 Å². The fourth-order valence-electron chi connectivity index (χ4n) is 8.97. The van der Waals surface area contributed by atoms with Crippen LogP contribution in [0.5, 0.6) is 0 Å². The van der Waals surface area contributed by atoms with Crippen LogP contribution in [0.2, 0.25) is 19.6 Å². The van der Waals surface area contributed by atoms with E-state index in [1.165, 1.54) is 0 Å². The molecule has 8 atom stereocenters. The minimum atomic E-state index is -2.32. The van der Waals surface area contributed by atoms with Crippen LogP contribution in [0.25, 0.3) is 0 Å². The van der Waals surface area contributed by atoms with Crippen molar-refractivity contribution >= 4 is 20.1 Å². The molecule has 46 heavy (non-hydrogen) atoms. The zero-order chi connectivity index (χ0) is 32.7. The zero-order valence-corrected chi connectivity index (χ0v) is 28.6. The van der Waals surface area contributed by atoms with Crippen molar-refractivity contribution in [2.75, 3.05) is 6.61 Å². The van der Waals surface area contributed by atoms with Gasteiger partial charge in [0.2, 0.25) is 0 Å². The number of ketones is 1. The highest BCUT2D eigenvalue weighted by atomic mass is 28.4. The number of fused-ring (bicyclic) bond motifs is 2. The Morgan fingerprint density at radius 1 is 1.02 bits per heavy atom. The minimum absolute atomic E-state index is 0.0212. The lowest BCUT2D eigenvalue weighted by Crippen LogP contribution is -2.71. The first-order valence-corrected chi connectivity index (χ1v) is 19.8. The van der Waals surface area contributed by atoms with Gasteiger partial charge in [-0.25, -0.2) is 4.79 Å². The topological polar surface area (TPSA) is 80.3 Å². The van der Waals surface area contributed by atoms with Gasteiger partial charge in [-0.15, -0.1) is 0 Å². The molecular weight excluding hydrogens is 596 g/mol. The highest BCUT2D eigenvalue weighted by Gasteiger charge is 2.79. The quantitative estimate of drug-likeness (QED) is 0.175. The molecule has 0 radical (unpaired) electrons. The summed E-state index contributed by atoms with van der Waals surface area (Å²) >= 11 is 0. The molecule has 0 amide bonds. The minimum Gasteiger partial charge on any atom is -0.458 e. The smallest absolute Gasteiger partial charge is 0.338 e. The third kappa shape index (κ3) is 4.67. The summed E-state index contributed by atoms with van der Waals surface area (Å²) in [4.78, 5) is 27.7. The Morgan fingerprint density at radius 2 is 1.70 bits per heavy atom. The Hall–Kier alpha value is -3.14. The molecule has 3 aliphatic carbocycles. The summed E-state index contributed by atoms with van der Waals surface area (Å²) in [5.41, 5.74) is 0.961. The average Bonchev–Trinajstić information content (AvgIpc) is 3.31. The molecule has 2 heterocycles. The van der Waals surface area contributed by atoms with Gasteiger partial charge in [0, 0.05) is 18.3 Å². The summed E-state index contributed by atoms with van der Waals surface area (Å²) in [6, 6.07) is 19.0. The van der Waals surface area contributed by atoms with E-state index in [2.05, 4.69) is 57.4 Å². The van der Waals surface area contributed by atoms with Crippen LogP contribution >= 0.6 is 0 Å². The molecule has 1 unspecified atom stereocenters. The van der Waals surface area contributed by atoms with Crippen LogP contribution in [0.4, 0.5) is 0 Å². The summed E-state index contributed by atoms with van der Waals surface area (Å²) in [5.74, 6) is -2.61. The van der Waals surface area contributed by atoms with Crippen molar-refractivity contribution in [1.29, 1.82) is 0 Å². The third-order valence-electron chi connectivity index (χ3n) is 10.6. The molecule has 7 rings (SSSR count). The number of benzene rings is 2. The van der Waals surface area contributed by atoms with Gasteiger partial charge in [-0.05, 0) is 80.2 Å². The van der Waals surface area contributed by atoms with Crippen molar-refractivity contribution in [3.8, 4) is 0 Å². The molecule has 0 spiro atoms. The van der Waals surface area contributed by atoms with E-state index in [4.69, 9.17) is 23.4 Å². The lowest BCUT2D eigenvalue weighted by atomic mass is 9.55. The molecule has 242 valence electrons. The maximum absolute atomic E-state index is 14.5. The highest BCUT2D eigenvalue weighted by molar-refractivity contribution is 6.70. The van der Waals surface area contributed by atoms with Crippen LogP contribution < -0.4 is 0 Å². The number of Topliss-reactive ketones (excluding diaryl/α,β-unsaturated/α-hetero) is 1. The van der Waals surface area contributed by atoms with E-state index in [0.717, 1.165) is 16.7 Å². The summed E-state index contributed by atoms with van der Waals surface area (Å²) in [6.07, 6.45) is 5.13. The normalized spacial score (nSPS) is 37.6. The number of carbonyl (C=O) groups excluding carboxylic acids is 2. The van der Waals surface area contributed by atoms with E-state index in [9.17, 15) is 9.59 Å². The molecule has 0 aromatic heterocycles. The van der Waals surface area contributed by atoms with Crippen molar-refractivity contribution in [3.05, 3.63) is 107 Å².